The molecule has 1 aromatic heterocycles. The van der Waals surface area contributed by atoms with E-state index in [4.69, 9.17) is 18.5 Å². The summed E-state index contributed by atoms with van der Waals surface area (Å²) in [5, 5.41) is 6.12. The number of rotatable bonds is 15. The van der Waals surface area contributed by atoms with E-state index in [0.717, 1.165) is 38.9 Å². The fraction of sp³-hybridized carbons (Fsp3) is 0.162. The van der Waals surface area contributed by atoms with E-state index < -0.39 is 34.3 Å². The molecule has 0 saturated heterocycles. The molecular formula is C37H37N3O11P2. The number of phosphoric acid groups is 2. The number of aryl methyl sites for hydroxylation is 2. The van der Waals surface area contributed by atoms with Crippen LogP contribution in [-0.4, -0.2) is 47.0 Å². The number of methoxy groups -OCH3 is 1. The molecule has 0 spiro atoms. The first-order valence-corrected chi connectivity index (χ1v) is 19.0. The van der Waals surface area contributed by atoms with Crippen LogP contribution in [0.5, 0.6) is 11.5 Å². The minimum absolute atomic E-state index is 0.182. The molecule has 0 bridgehead atoms. The second-order valence-corrected chi connectivity index (χ2v) is 14.6. The summed E-state index contributed by atoms with van der Waals surface area (Å²) in [4.78, 5) is 49.5. The zero-order valence-electron chi connectivity index (χ0n) is 29.0. The molecule has 53 heavy (non-hydrogen) atoms. The first-order valence-electron chi connectivity index (χ1n) is 16.0. The molecule has 0 saturated carbocycles. The lowest BCUT2D eigenvalue weighted by molar-refractivity contribution is 0.0940. The number of aromatic nitrogens is 1. The standard InChI is InChI=1S/C37H37N3O11P2/c1-24-9-13-28(14-10-24)36(41)38-19-20-49-52(43,44)51-53(45,46)50-30-16-11-27(12-17-30)23-48-37(42)40-34-22-29(15-18-35(34)47-4)26(3)32-21-25(2)39-33-8-6-5-7-31(32)33/h5-18,21-22H,3,19-20,23H2,1-2,4H3,(H,38,41)(H,40,42)(H,43,44)(H,45,46). The normalized spacial score (nSPS) is 13.3. The van der Waals surface area contributed by atoms with Crippen LogP contribution in [0.1, 0.15) is 38.3 Å². The number of carbonyl (C=O) groups excluding carboxylic acids is 2. The highest BCUT2D eigenvalue weighted by Gasteiger charge is 2.36. The molecule has 0 aliphatic heterocycles. The van der Waals surface area contributed by atoms with E-state index in [9.17, 15) is 28.5 Å². The molecule has 14 nitrogen and oxygen atoms in total. The van der Waals surface area contributed by atoms with Gasteiger partial charge in [-0.25, -0.2) is 13.9 Å². The topological polar surface area (TPSA) is 192 Å². The molecule has 0 aliphatic carbocycles. The van der Waals surface area contributed by atoms with E-state index in [0.29, 0.717) is 22.6 Å². The van der Waals surface area contributed by atoms with Gasteiger partial charge in [-0.1, -0.05) is 60.7 Å². The van der Waals surface area contributed by atoms with Gasteiger partial charge in [-0.15, -0.1) is 0 Å². The number of ether oxygens (including phenoxy) is 2. The van der Waals surface area contributed by atoms with Gasteiger partial charge in [-0.2, -0.15) is 4.31 Å². The number of fused-ring (bicyclic) bond motifs is 1. The van der Waals surface area contributed by atoms with Crippen LogP contribution in [0.2, 0.25) is 0 Å². The molecular weight excluding hydrogens is 724 g/mol. The number of amides is 2. The van der Waals surface area contributed by atoms with Gasteiger partial charge in [0, 0.05) is 23.2 Å². The van der Waals surface area contributed by atoms with E-state index >= 15 is 0 Å². The number of para-hydroxylation sites is 1. The van der Waals surface area contributed by atoms with Gasteiger partial charge >= 0.3 is 21.7 Å². The van der Waals surface area contributed by atoms with Crippen molar-refractivity contribution >= 4 is 49.8 Å². The third-order valence-corrected chi connectivity index (χ3v) is 10.2. The molecule has 5 aromatic rings. The van der Waals surface area contributed by atoms with Gasteiger partial charge in [-0.3, -0.25) is 24.5 Å². The van der Waals surface area contributed by atoms with Crippen molar-refractivity contribution in [3.05, 3.63) is 137 Å². The third kappa shape index (κ3) is 10.8. The maximum absolute atomic E-state index is 12.8. The highest BCUT2D eigenvalue weighted by atomic mass is 31.3. The highest BCUT2D eigenvalue weighted by Crippen LogP contribution is 2.60. The van der Waals surface area contributed by atoms with Crippen molar-refractivity contribution in [1.29, 1.82) is 0 Å². The molecule has 0 radical (unpaired) electrons. The fourth-order valence-corrected chi connectivity index (χ4v) is 7.16. The van der Waals surface area contributed by atoms with E-state index in [1.54, 1.807) is 36.4 Å². The van der Waals surface area contributed by atoms with Crippen molar-refractivity contribution in [2.24, 2.45) is 0 Å². The Morgan fingerprint density at radius 1 is 0.868 bits per heavy atom. The van der Waals surface area contributed by atoms with E-state index in [1.807, 2.05) is 50.2 Å². The van der Waals surface area contributed by atoms with Crippen LogP contribution >= 0.6 is 15.6 Å². The lowest BCUT2D eigenvalue weighted by atomic mass is 9.95. The Morgan fingerprint density at radius 2 is 1.57 bits per heavy atom. The van der Waals surface area contributed by atoms with Gasteiger partial charge in [-0.05, 0) is 84.6 Å². The predicted octanol–water partition coefficient (Wildman–Crippen LogP) is 7.71. The predicted molar refractivity (Wildman–Crippen MR) is 199 cm³/mol. The molecule has 4 aromatic carbocycles. The average Bonchev–Trinajstić information content (AvgIpc) is 3.12. The highest BCUT2D eigenvalue weighted by molar-refractivity contribution is 7.61. The number of anilines is 1. The number of pyridine rings is 1. The number of nitrogens with zero attached hydrogens (tertiary/aromatic N) is 1. The molecule has 4 N–H and O–H groups in total. The van der Waals surface area contributed by atoms with Crippen LogP contribution < -0.4 is 19.9 Å². The monoisotopic (exact) mass is 761 g/mol. The maximum Gasteiger partial charge on any atom is 0.536 e. The maximum atomic E-state index is 12.8. The van der Waals surface area contributed by atoms with Gasteiger partial charge in [0.25, 0.3) is 5.91 Å². The molecule has 0 fully saturated rings. The molecule has 2 amide bonds. The first kappa shape index (κ1) is 38.9. The van der Waals surface area contributed by atoms with E-state index in [1.165, 1.54) is 31.4 Å². The molecule has 5 rings (SSSR count). The number of hydrogen-bond acceptors (Lipinski definition) is 10. The summed E-state index contributed by atoms with van der Waals surface area (Å²) in [5.41, 5.74) is 6.23. The first-order chi connectivity index (χ1) is 25.2. The van der Waals surface area contributed by atoms with E-state index in [2.05, 4.69) is 26.5 Å². The molecule has 16 heteroatoms. The molecule has 276 valence electrons. The van der Waals surface area contributed by atoms with Crippen LogP contribution in [0.15, 0.2) is 104 Å². The lowest BCUT2D eigenvalue weighted by Gasteiger charge is -2.17. The summed E-state index contributed by atoms with van der Waals surface area (Å²) in [7, 11) is -8.73. The molecule has 2 atom stereocenters. The van der Waals surface area contributed by atoms with Crippen molar-refractivity contribution in [2.75, 3.05) is 25.6 Å². The molecule has 0 aliphatic rings. The Bertz CT molecular complexity index is 2230. The van der Waals surface area contributed by atoms with Gasteiger partial charge < -0.3 is 24.2 Å². The SMILES string of the molecule is C=C(c1ccc(OC)c(NC(=O)OCc2ccc(OP(=O)(O)OP(=O)(O)OCCNC(=O)c3ccc(C)cc3)cc2)c1)c1cc(C)nc2ccccc12. The largest absolute Gasteiger partial charge is 0.536 e. The Morgan fingerprint density at radius 3 is 2.28 bits per heavy atom. The van der Waals surface area contributed by atoms with Gasteiger partial charge in [0.15, 0.2) is 0 Å². The van der Waals surface area contributed by atoms with Crippen LogP contribution in [0.25, 0.3) is 16.5 Å². The minimum atomic E-state index is -5.14. The Balaban J connectivity index is 1.11. The second kappa shape index (κ2) is 17.0. The number of hydrogen-bond donors (Lipinski definition) is 4. The lowest BCUT2D eigenvalue weighted by Crippen LogP contribution is -2.27. The van der Waals surface area contributed by atoms with Crippen molar-refractivity contribution in [1.82, 2.24) is 10.3 Å². The number of nitrogens with one attached hydrogen (secondary N) is 2. The zero-order chi connectivity index (χ0) is 38.2. The van der Waals surface area contributed by atoms with Crippen molar-refractivity contribution in [2.45, 2.75) is 20.5 Å². The molecule has 2 unspecified atom stereocenters. The zero-order valence-corrected chi connectivity index (χ0v) is 30.8. The van der Waals surface area contributed by atoms with Crippen molar-refractivity contribution < 1.29 is 51.3 Å². The Hall–Kier alpha value is -5.33. The number of carbonyl (C=O) groups is 2. The van der Waals surface area contributed by atoms with Crippen LogP contribution in [-0.2, 0) is 29.3 Å². The summed E-state index contributed by atoms with van der Waals surface area (Å²) in [5.74, 6) is -0.228. The van der Waals surface area contributed by atoms with Crippen LogP contribution in [0.4, 0.5) is 10.5 Å². The van der Waals surface area contributed by atoms with Gasteiger partial charge in [0.1, 0.15) is 18.1 Å². The molecule has 1 heterocycles. The smallest absolute Gasteiger partial charge is 0.495 e. The summed E-state index contributed by atoms with van der Waals surface area (Å²) in [6.07, 6.45) is -0.779. The van der Waals surface area contributed by atoms with Crippen molar-refractivity contribution in [3.8, 4) is 11.5 Å². The third-order valence-electron chi connectivity index (χ3n) is 7.63. The summed E-state index contributed by atoms with van der Waals surface area (Å²) in [6.45, 7) is 7.23. The van der Waals surface area contributed by atoms with Gasteiger partial charge in [0.2, 0.25) is 0 Å². The summed E-state index contributed by atoms with van der Waals surface area (Å²) in [6, 6.07) is 27.2. The van der Waals surface area contributed by atoms with Gasteiger partial charge in [0.05, 0.1) is 24.9 Å². The second-order valence-electron chi connectivity index (χ2n) is 11.6. The number of phosphoric ester groups is 2. The van der Waals surface area contributed by atoms with Crippen molar-refractivity contribution in [3.63, 3.8) is 0 Å². The van der Waals surface area contributed by atoms with Crippen LogP contribution in [0, 0.1) is 13.8 Å². The Labute approximate surface area is 305 Å². The van der Waals surface area contributed by atoms with E-state index in [-0.39, 0.29) is 18.9 Å². The number of benzene rings is 4. The quantitative estimate of drug-likeness (QED) is 0.0601. The Kier molecular flexibility index (Phi) is 12.5. The summed E-state index contributed by atoms with van der Waals surface area (Å²) >= 11 is 0. The van der Waals surface area contributed by atoms with Crippen LogP contribution in [0.3, 0.4) is 0 Å². The average molecular weight is 762 g/mol. The minimum Gasteiger partial charge on any atom is -0.495 e. The fourth-order valence-electron chi connectivity index (χ4n) is 5.08. The summed E-state index contributed by atoms with van der Waals surface area (Å²) < 4.78 is 49.4.